The molecular formula is C25H24F3N7O2. The first-order chi connectivity index (χ1) is 17.8. The Morgan fingerprint density at radius 1 is 1.11 bits per heavy atom. The molecule has 1 aliphatic carbocycles. The molecule has 0 bridgehead atoms. The van der Waals surface area contributed by atoms with Gasteiger partial charge in [0.05, 0.1) is 11.9 Å². The summed E-state index contributed by atoms with van der Waals surface area (Å²) in [5.74, 6) is 2.20. The van der Waals surface area contributed by atoms with Crippen molar-refractivity contribution in [2.24, 2.45) is 5.92 Å². The number of ether oxygens (including phenoxy) is 1. The number of nitrogens with one attached hydrogen (secondary N) is 1. The molecule has 6 rings (SSSR count). The average Bonchev–Trinajstić information content (AvgIpc) is 3.72. The van der Waals surface area contributed by atoms with E-state index in [0.717, 1.165) is 60.7 Å². The summed E-state index contributed by atoms with van der Waals surface area (Å²) in [5, 5.41) is 3.26. The lowest BCUT2D eigenvalue weighted by Crippen LogP contribution is -2.55. The van der Waals surface area contributed by atoms with Crippen molar-refractivity contribution in [1.82, 2.24) is 19.9 Å². The van der Waals surface area contributed by atoms with Crippen LogP contribution in [0.2, 0.25) is 0 Å². The number of carbonyl (C=O) groups excluding carboxylic acids is 1. The molecule has 3 aromatic rings. The number of anilines is 3. The molecule has 0 aromatic carbocycles. The topological polar surface area (TPSA) is 96.4 Å². The van der Waals surface area contributed by atoms with Crippen LogP contribution < -0.4 is 19.9 Å². The fraction of sp³-hybridized carbons (Fsp3) is 0.400. The number of aryl methyl sites for hydroxylation is 1. The van der Waals surface area contributed by atoms with Crippen molar-refractivity contribution >= 4 is 23.4 Å². The van der Waals surface area contributed by atoms with Gasteiger partial charge in [0.25, 0.3) is 0 Å². The molecule has 3 aromatic heterocycles. The number of amides is 1. The van der Waals surface area contributed by atoms with E-state index in [1.807, 2.05) is 16.8 Å². The molecule has 1 atom stereocenters. The third-order valence-corrected chi connectivity index (χ3v) is 6.84. The van der Waals surface area contributed by atoms with Gasteiger partial charge in [-0.05, 0) is 49.3 Å². The van der Waals surface area contributed by atoms with Gasteiger partial charge in [-0.25, -0.2) is 15.0 Å². The van der Waals surface area contributed by atoms with Crippen molar-refractivity contribution in [3.8, 4) is 11.6 Å². The number of hydrogen-bond donors (Lipinski definition) is 1. The van der Waals surface area contributed by atoms with Gasteiger partial charge in [-0.2, -0.15) is 18.2 Å². The van der Waals surface area contributed by atoms with Gasteiger partial charge in [0.2, 0.25) is 17.7 Å². The van der Waals surface area contributed by atoms with Gasteiger partial charge >= 0.3 is 6.18 Å². The van der Waals surface area contributed by atoms with Crippen LogP contribution in [0.3, 0.4) is 0 Å². The van der Waals surface area contributed by atoms with Gasteiger partial charge in [-0.15, -0.1) is 0 Å². The number of pyridine rings is 2. The van der Waals surface area contributed by atoms with Crippen molar-refractivity contribution in [1.29, 1.82) is 0 Å². The molecule has 9 nitrogen and oxygen atoms in total. The quantitative estimate of drug-likeness (QED) is 0.526. The third-order valence-electron chi connectivity index (χ3n) is 6.84. The maximum Gasteiger partial charge on any atom is 0.433 e. The molecule has 2 aliphatic heterocycles. The molecule has 0 spiro atoms. The number of likely N-dealkylation sites (N-methyl/N-ethyl adjacent to an activating group) is 1. The summed E-state index contributed by atoms with van der Waals surface area (Å²) in [7, 11) is 1.94. The first kappa shape index (κ1) is 23.4. The van der Waals surface area contributed by atoms with Crippen LogP contribution >= 0.6 is 0 Å². The fourth-order valence-electron chi connectivity index (χ4n) is 4.87. The number of nitrogens with zero attached hydrogens (tertiary/aromatic N) is 6. The van der Waals surface area contributed by atoms with Crippen LogP contribution in [0.4, 0.5) is 30.6 Å². The lowest BCUT2D eigenvalue weighted by molar-refractivity contribution is -0.141. The second-order valence-electron chi connectivity index (χ2n) is 9.49. The lowest BCUT2D eigenvalue weighted by Gasteiger charge is -2.43. The van der Waals surface area contributed by atoms with E-state index in [1.165, 1.54) is 6.07 Å². The molecule has 12 heteroatoms. The predicted octanol–water partition coefficient (Wildman–Crippen LogP) is 4.20. The maximum atomic E-state index is 13.1. The van der Waals surface area contributed by atoms with Crippen LogP contribution in [-0.2, 0) is 23.9 Å². The Morgan fingerprint density at radius 3 is 2.62 bits per heavy atom. The highest BCUT2D eigenvalue weighted by molar-refractivity contribution is 6.06. The molecule has 1 fully saturated rings. The van der Waals surface area contributed by atoms with E-state index in [1.54, 1.807) is 18.3 Å². The summed E-state index contributed by atoms with van der Waals surface area (Å²) in [4.78, 5) is 34.1. The van der Waals surface area contributed by atoms with Gasteiger partial charge in [-0.1, -0.05) is 6.07 Å². The van der Waals surface area contributed by atoms with Crippen molar-refractivity contribution in [2.45, 2.75) is 44.4 Å². The van der Waals surface area contributed by atoms with Crippen molar-refractivity contribution in [2.75, 3.05) is 28.7 Å². The molecule has 1 N–H and O–H groups in total. The van der Waals surface area contributed by atoms with Crippen LogP contribution in [0.1, 0.15) is 36.2 Å². The zero-order chi connectivity index (χ0) is 25.7. The van der Waals surface area contributed by atoms with Crippen LogP contribution in [-0.4, -0.2) is 45.5 Å². The SMILES string of the molecule is CN1c2nc(NCc3ccc(Oc4ccc(C(F)(F)F)nc4)nc3)nc3c2N(CCC3)C(=O)[C@@H]1C1CC1. The van der Waals surface area contributed by atoms with Crippen LogP contribution in [0, 0.1) is 5.92 Å². The van der Waals surface area contributed by atoms with Gasteiger partial charge in [0.15, 0.2) is 5.82 Å². The lowest BCUT2D eigenvalue weighted by atomic mass is 10.00. The van der Waals surface area contributed by atoms with Crippen molar-refractivity contribution < 1.29 is 22.7 Å². The number of hydrogen-bond acceptors (Lipinski definition) is 8. The van der Waals surface area contributed by atoms with Crippen LogP contribution in [0.25, 0.3) is 0 Å². The normalized spacial score (nSPS) is 19.0. The highest BCUT2D eigenvalue weighted by Gasteiger charge is 2.47. The Kier molecular flexibility index (Phi) is 5.61. The van der Waals surface area contributed by atoms with E-state index >= 15 is 0 Å². The van der Waals surface area contributed by atoms with Gasteiger partial charge < -0.3 is 19.9 Å². The van der Waals surface area contributed by atoms with E-state index < -0.39 is 11.9 Å². The van der Waals surface area contributed by atoms with Crippen LogP contribution in [0.5, 0.6) is 11.6 Å². The molecule has 5 heterocycles. The largest absolute Gasteiger partial charge is 0.437 e. The fourth-order valence-corrected chi connectivity index (χ4v) is 4.87. The maximum absolute atomic E-state index is 13.1. The first-order valence-corrected chi connectivity index (χ1v) is 12.1. The van der Waals surface area contributed by atoms with E-state index in [4.69, 9.17) is 14.7 Å². The number of halogens is 3. The van der Waals surface area contributed by atoms with E-state index in [2.05, 4.69) is 15.3 Å². The van der Waals surface area contributed by atoms with Gasteiger partial charge in [0.1, 0.15) is 23.2 Å². The van der Waals surface area contributed by atoms with E-state index in [0.29, 0.717) is 25.0 Å². The number of rotatable bonds is 6. The molecule has 0 saturated heterocycles. The Labute approximate surface area is 210 Å². The molecule has 192 valence electrons. The molecule has 0 unspecified atom stereocenters. The molecule has 3 aliphatic rings. The van der Waals surface area contributed by atoms with E-state index in [-0.39, 0.29) is 23.6 Å². The number of alkyl halides is 3. The minimum absolute atomic E-state index is 0.156. The Morgan fingerprint density at radius 2 is 1.95 bits per heavy atom. The Balaban J connectivity index is 1.15. The molecule has 0 radical (unpaired) electrons. The second kappa shape index (κ2) is 8.86. The Bertz CT molecular complexity index is 1330. The molecule has 37 heavy (non-hydrogen) atoms. The number of carbonyl (C=O) groups is 1. The van der Waals surface area contributed by atoms with Gasteiger partial charge in [0, 0.05) is 32.4 Å². The highest BCUT2D eigenvalue weighted by Crippen LogP contribution is 2.45. The molecular weight excluding hydrogens is 487 g/mol. The predicted molar refractivity (Wildman–Crippen MR) is 128 cm³/mol. The van der Waals surface area contributed by atoms with Crippen molar-refractivity contribution in [3.63, 3.8) is 0 Å². The molecule has 1 saturated carbocycles. The zero-order valence-electron chi connectivity index (χ0n) is 20.0. The average molecular weight is 512 g/mol. The second-order valence-corrected chi connectivity index (χ2v) is 9.49. The zero-order valence-corrected chi connectivity index (χ0v) is 20.0. The summed E-state index contributed by atoms with van der Waals surface area (Å²) in [5.41, 5.74) is 1.57. The summed E-state index contributed by atoms with van der Waals surface area (Å²) in [6, 6.07) is 5.32. The summed E-state index contributed by atoms with van der Waals surface area (Å²) in [6.45, 7) is 1.11. The summed E-state index contributed by atoms with van der Waals surface area (Å²) in [6.07, 6.45) is 1.91. The summed E-state index contributed by atoms with van der Waals surface area (Å²) >= 11 is 0. The minimum Gasteiger partial charge on any atom is -0.437 e. The van der Waals surface area contributed by atoms with Gasteiger partial charge in [-0.3, -0.25) is 4.79 Å². The molecule has 1 amide bonds. The smallest absolute Gasteiger partial charge is 0.433 e. The summed E-state index contributed by atoms with van der Waals surface area (Å²) < 4.78 is 43.5. The third kappa shape index (κ3) is 4.51. The minimum atomic E-state index is -4.50. The van der Waals surface area contributed by atoms with Crippen molar-refractivity contribution in [3.05, 3.63) is 53.6 Å². The monoisotopic (exact) mass is 511 g/mol. The highest BCUT2D eigenvalue weighted by atomic mass is 19.4. The standard InChI is InChI=1S/C25H24F3N7O2/c1-34-20(15-5-6-15)23(36)35-10-2-3-17-21(35)22(34)33-24(32-17)31-12-14-4-9-19(30-11-14)37-16-7-8-18(29-13-16)25(26,27)28/h4,7-9,11,13,15,20H,2-3,5-6,10,12H2,1H3,(H,31,32,33)/t20-/m0/s1. The number of aromatic nitrogens is 4. The van der Waals surface area contributed by atoms with Crippen LogP contribution in [0.15, 0.2) is 36.7 Å². The first-order valence-electron chi connectivity index (χ1n) is 12.1. The van der Waals surface area contributed by atoms with E-state index in [9.17, 15) is 18.0 Å². The Hall–Kier alpha value is -3.96.